The lowest BCUT2D eigenvalue weighted by atomic mass is 10.9. The van der Waals surface area contributed by atoms with Crippen molar-refractivity contribution in [1.82, 2.24) is 0 Å². The van der Waals surface area contributed by atoms with Crippen LogP contribution in [-0.2, 0) is 13.6 Å². The van der Waals surface area contributed by atoms with Crippen molar-refractivity contribution < 1.29 is 17.8 Å². The van der Waals surface area contributed by atoms with Crippen LogP contribution in [0, 0.1) is 0 Å². The fraction of sp³-hybridized carbons (Fsp3) is 1.00. The van der Waals surface area contributed by atoms with E-state index in [1.807, 2.05) is 0 Å². The molecule has 0 unspecified atom stereocenters. The lowest BCUT2D eigenvalue weighted by Gasteiger charge is -2.06. The lowest BCUT2D eigenvalue weighted by molar-refractivity contribution is 0.191. The second-order valence-electron chi connectivity index (χ2n) is 1.48. The second kappa shape index (κ2) is 6.54. The Kier molecular flexibility index (Phi) is 7.16. The molecular weight excluding hydrogens is 306 g/mol. The zero-order valence-corrected chi connectivity index (χ0v) is 9.70. The molecule has 0 rings (SSSR count). The van der Waals surface area contributed by atoms with Crippen molar-refractivity contribution in [2.45, 2.75) is 0 Å². The third-order valence-corrected chi connectivity index (χ3v) is 2.27. The Morgan fingerprint density at radius 2 is 1.55 bits per heavy atom. The summed E-state index contributed by atoms with van der Waals surface area (Å²) in [6.07, 6.45) is 0. The second-order valence-corrected chi connectivity index (χ2v) is 4.44. The van der Waals surface area contributed by atoms with Crippen LogP contribution in [-0.4, -0.2) is 23.9 Å². The number of hydrogen-bond donors (Lipinski definition) is 0. The summed E-state index contributed by atoms with van der Waals surface area (Å²) in [6, 6.07) is 0. The van der Waals surface area contributed by atoms with E-state index in [-0.39, 0.29) is 13.2 Å². The smallest absolute Gasteiger partial charge is 0.283 e. The van der Waals surface area contributed by atoms with Crippen LogP contribution < -0.4 is 0 Å². The summed E-state index contributed by atoms with van der Waals surface area (Å²) < 4.78 is 31.7. The van der Waals surface area contributed by atoms with Gasteiger partial charge in [0.25, 0.3) is 0 Å². The molecule has 0 N–H and O–H groups in total. The van der Waals surface area contributed by atoms with Crippen LogP contribution >= 0.6 is 39.8 Å². The van der Waals surface area contributed by atoms with Crippen LogP contribution in [0.3, 0.4) is 0 Å². The van der Waals surface area contributed by atoms with E-state index in [0.29, 0.717) is 10.7 Å². The minimum Gasteiger partial charge on any atom is -0.283 e. The van der Waals surface area contributed by atoms with Crippen LogP contribution in [0.4, 0.5) is 4.20 Å². The maximum atomic E-state index is 12.5. The largest absolute Gasteiger partial charge is 0.513 e. The molecule has 0 aliphatic rings. The third kappa shape index (κ3) is 7.40. The Morgan fingerprint density at radius 3 is 1.82 bits per heavy atom. The van der Waals surface area contributed by atoms with Gasteiger partial charge < -0.3 is 0 Å². The molecule has 0 aliphatic carbocycles. The van der Waals surface area contributed by atoms with Crippen LogP contribution in [0.25, 0.3) is 0 Å². The minimum absolute atomic E-state index is 0.0378. The predicted molar refractivity (Wildman–Crippen MR) is 48.2 cm³/mol. The highest BCUT2D eigenvalue weighted by Gasteiger charge is 2.22. The normalized spacial score (nSPS) is 11.9. The van der Waals surface area contributed by atoms with Gasteiger partial charge in [0.2, 0.25) is 0 Å². The first kappa shape index (κ1) is 12.0. The molecule has 68 valence electrons. The zero-order chi connectivity index (χ0) is 8.74. The van der Waals surface area contributed by atoms with E-state index >= 15 is 0 Å². The highest BCUT2D eigenvalue weighted by molar-refractivity contribution is 9.09. The van der Waals surface area contributed by atoms with Gasteiger partial charge in [0.1, 0.15) is 0 Å². The van der Waals surface area contributed by atoms with Crippen molar-refractivity contribution in [3.63, 3.8) is 0 Å². The summed E-state index contributed by atoms with van der Waals surface area (Å²) in [5, 5.41) is 0.858. The molecule has 0 saturated heterocycles. The van der Waals surface area contributed by atoms with Gasteiger partial charge in [-0.25, -0.2) is 4.57 Å². The first-order chi connectivity index (χ1) is 5.12. The molecule has 0 aliphatic heterocycles. The molecule has 0 saturated carbocycles. The predicted octanol–water partition coefficient (Wildman–Crippen LogP) is 2.89. The maximum Gasteiger partial charge on any atom is 0.513 e. The minimum atomic E-state index is -4.29. The number of alkyl halides is 2. The highest BCUT2D eigenvalue weighted by Crippen LogP contribution is 2.49. The van der Waals surface area contributed by atoms with Crippen molar-refractivity contribution in [2.24, 2.45) is 0 Å². The van der Waals surface area contributed by atoms with Gasteiger partial charge in [-0.15, -0.1) is 4.20 Å². The molecule has 0 fully saturated rings. The summed E-state index contributed by atoms with van der Waals surface area (Å²) in [7, 11) is -4.29. The quantitative estimate of drug-likeness (QED) is 0.559. The van der Waals surface area contributed by atoms with Gasteiger partial charge in [0.05, 0.1) is 13.2 Å². The molecule has 7 heteroatoms. The van der Waals surface area contributed by atoms with Crippen LogP contribution in [0.15, 0.2) is 0 Å². The van der Waals surface area contributed by atoms with E-state index in [1.165, 1.54) is 0 Å². The molecule has 0 aromatic rings. The van der Waals surface area contributed by atoms with Crippen LogP contribution in [0.2, 0.25) is 0 Å². The summed E-state index contributed by atoms with van der Waals surface area (Å²) in [5.74, 6) is 0. The van der Waals surface area contributed by atoms with E-state index in [1.54, 1.807) is 0 Å². The van der Waals surface area contributed by atoms with Crippen LogP contribution in [0.5, 0.6) is 0 Å². The number of halogens is 3. The van der Waals surface area contributed by atoms with Crippen molar-refractivity contribution in [3.05, 3.63) is 0 Å². The first-order valence-electron chi connectivity index (χ1n) is 2.83. The van der Waals surface area contributed by atoms with Gasteiger partial charge in [-0.2, -0.15) is 0 Å². The highest BCUT2D eigenvalue weighted by atomic mass is 79.9. The fourth-order valence-electron chi connectivity index (χ4n) is 0.324. The van der Waals surface area contributed by atoms with Gasteiger partial charge in [0, 0.05) is 10.7 Å². The Hall–Kier alpha value is 1.04. The first-order valence-corrected chi connectivity index (χ1v) is 6.51. The average Bonchev–Trinajstić information content (AvgIpc) is 1.97. The van der Waals surface area contributed by atoms with Crippen LogP contribution in [0.1, 0.15) is 0 Å². The van der Waals surface area contributed by atoms with E-state index in [4.69, 9.17) is 0 Å². The van der Waals surface area contributed by atoms with E-state index < -0.39 is 7.91 Å². The molecule has 0 aromatic carbocycles. The van der Waals surface area contributed by atoms with Crippen molar-refractivity contribution >= 4 is 39.8 Å². The summed E-state index contributed by atoms with van der Waals surface area (Å²) >= 11 is 5.99. The Balaban J connectivity index is 3.53. The Morgan fingerprint density at radius 1 is 1.18 bits per heavy atom. The molecule has 0 heterocycles. The molecule has 11 heavy (non-hydrogen) atoms. The van der Waals surface area contributed by atoms with E-state index in [9.17, 15) is 8.76 Å². The SMILES string of the molecule is O=P(F)(OCCBr)OCCBr. The Labute approximate surface area is 81.5 Å². The van der Waals surface area contributed by atoms with Gasteiger partial charge >= 0.3 is 7.91 Å². The Bertz CT molecular complexity index is 133. The summed E-state index contributed by atoms with van der Waals surface area (Å²) in [6.45, 7) is 0.0755. The van der Waals surface area contributed by atoms with Gasteiger partial charge in [0.15, 0.2) is 0 Å². The zero-order valence-electron chi connectivity index (χ0n) is 5.63. The van der Waals surface area contributed by atoms with Crippen molar-refractivity contribution in [3.8, 4) is 0 Å². The molecule has 0 amide bonds. The molecule has 0 radical (unpaired) electrons. The van der Waals surface area contributed by atoms with E-state index in [2.05, 4.69) is 40.9 Å². The summed E-state index contributed by atoms with van der Waals surface area (Å²) in [4.78, 5) is 0. The van der Waals surface area contributed by atoms with Crippen molar-refractivity contribution in [1.29, 1.82) is 0 Å². The van der Waals surface area contributed by atoms with E-state index in [0.717, 1.165) is 0 Å². The molecular formula is C4H8Br2FO3P. The summed E-state index contributed by atoms with van der Waals surface area (Å²) in [5.41, 5.74) is 0. The van der Waals surface area contributed by atoms with Gasteiger partial charge in [-0.05, 0) is 0 Å². The maximum absolute atomic E-state index is 12.5. The number of hydrogen-bond acceptors (Lipinski definition) is 3. The standard InChI is InChI=1S/C4H8Br2FO3P/c5-1-3-9-11(7,8)10-4-2-6/h1-4H2. The molecule has 0 atom stereocenters. The average molecular weight is 314 g/mol. The lowest BCUT2D eigenvalue weighted by Crippen LogP contribution is -1.96. The molecule has 0 aromatic heterocycles. The topological polar surface area (TPSA) is 35.5 Å². The van der Waals surface area contributed by atoms with Gasteiger partial charge in [-0.3, -0.25) is 9.05 Å². The van der Waals surface area contributed by atoms with Gasteiger partial charge in [-0.1, -0.05) is 31.9 Å². The monoisotopic (exact) mass is 312 g/mol. The molecule has 0 spiro atoms. The molecule has 3 nitrogen and oxygen atoms in total. The fourth-order valence-corrected chi connectivity index (χ4v) is 1.84. The third-order valence-electron chi connectivity index (χ3n) is 0.645. The van der Waals surface area contributed by atoms with Crippen molar-refractivity contribution in [2.75, 3.05) is 23.9 Å². The molecule has 0 bridgehead atoms. The number of rotatable bonds is 6.